The molecule has 2 atom stereocenters. The van der Waals surface area contributed by atoms with E-state index in [4.69, 9.17) is 4.74 Å². The van der Waals surface area contributed by atoms with Crippen molar-refractivity contribution in [3.8, 4) is 11.1 Å². The van der Waals surface area contributed by atoms with E-state index in [2.05, 4.69) is 31.0 Å². The number of hydrogen-bond acceptors (Lipinski definition) is 7. The van der Waals surface area contributed by atoms with Crippen molar-refractivity contribution in [3.05, 3.63) is 59.9 Å². The van der Waals surface area contributed by atoms with Gasteiger partial charge in [0.25, 0.3) is 0 Å². The highest BCUT2D eigenvalue weighted by atomic mass is 19.1. The monoisotopic (exact) mass is 437 g/mol. The van der Waals surface area contributed by atoms with E-state index in [1.807, 2.05) is 19.1 Å². The van der Waals surface area contributed by atoms with Crippen LogP contribution >= 0.6 is 0 Å². The van der Waals surface area contributed by atoms with Crippen LogP contribution in [-0.4, -0.2) is 51.2 Å². The molecule has 1 aliphatic carbocycles. The Kier molecular flexibility index (Phi) is 5.32. The predicted molar refractivity (Wildman–Crippen MR) is 115 cm³/mol. The van der Waals surface area contributed by atoms with Gasteiger partial charge >= 0.3 is 6.09 Å². The molecule has 1 unspecified atom stereocenters. The number of benzene rings is 1. The second kappa shape index (κ2) is 8.29. The molecule has 1 aliphatic heterocycles. The largest absolute Gasteiger partial charge is 0.439 e. The summed E-state index contributed by atoms with van der Waals surface area (Å²) in [5.74, 6) is -0.408. The van der Waals surface area contributed by atoms with Crippen molar-refractivity contribution < 1.29 is 13.9 Å². The molecule has 32 heavy (non-hydrogen) atoms. The Bertz CT molecular complexity index is 1110. The van der Waals surface area contributed by atoms with Crippen LogP contribution in [0.3, 0.4) is 0 Å². The molecule has 1 amide bonds. The fourth-order valence-corrected chi connectivity index (χ4v) is 4.09. The maximum atomic E-state index is 14.9. The summed E-state index contributed by atoms with van der Waals surface area (Å²) in [6.07, 6.45) is 3.66. The van der Waals surface area contributed by atoms with Crippen molar-refractivity contribution in [3.63, 3.8) is 0 Å². The number of anilines is 1. The van der Waals surface area contributed by atoms with Crippen LogP contribution in [0.25, 0.3) is 11.1 Å². The summed E-state index contributed by atoms with van der Waals surface area (Å²) in [5, 5.41) is 16.8. The smallest absolute Gasteiger partial charge is 0.415 e. The van der Waals surface area contributed by atoms with E-state index in [0.717, 1.165) is 24.4 Å². The Morgan fingerprint density at radius 3 is 2.84 bits per heavy atom. The fourth-order valence-electron chi connectivity index (χ4n) is 4.09. The van der Waals surface area contributed by atoms with Crippen LogP contribution in [0, 0.1) is 5.82 Å². The molecule has 1 saturated carbocycles. The summed E-state index contributed by atoms with van der Waals surface area (Å²) in [7, 11) is 0. The molecule has 3 N–H and O–H groups in total. The maximum Gasteiger partial charge on any atom is 0.415 e. The molecule has 1 aromatic carbocycles. The highest BCUT2D eigenvalue weighted by Crippen LogP contribution is 2.46. The molecular formula is C22H24FN7O2. The number of carbonyl (C=O) groups excluding carboxylic acids is 1. The van der Waals surface area contributed by atoms with E-state index in [1.54, 1.807) is 24.5 Å². The molecule has 5 rings (SSSR count). The number of amides is 1. The second-order valence-electron chi connectivity index (χ2n) is 8.10. The summed E-state index contributed by atoms with van der Waals surface area (Å²) in [5.41, 5.74) is 2.77. The van der Waals surface area contributed by atoms with Crippen LogP contribution in [0.4, 0.5) is 14.9 Å². The lowest BCUT2D eigenvalue weighted by Gasteiger charge is -2.14. The zero-order chi connectivity index (χ0) is 22.1. The van der Waals surface area contributed by atoms with Crippen LogP contribution in [0.2, 0.25) is 0 Å². The molecule has 1 saturated heterocycles. The first kappa shape index (κ1) is 20.5. The quantitative estimate of drug-likeness (QED) is 0.497. The minimum absolute atomic E-state index is 0.167. The normalized spacial score (nSPS) is 21.9. The minimum Gasteiger partial charge on any atom is -0.439 e. The number of pyridine rings is 1. The molecule has 0 bridgehead atoms. The van der Waals surface area contributed by atoms with Crippen molar-refractivity contribution in [2.24, 2.45) is 0 Å². The zero-order valence-electron chi connectivity index (χ0n) is 17.6. The Morgan fingerprint density at radius 1 is 1.25 bits per heavy atom. The van der Waals surface area contributed by atoms with Gasteiger partial charge in [0.15, 0.2) is 0 Å². The number of ether oxygens (including phenoxy) is 1. The number of carbonyl (C=O) groups is 1. The van der Waals surface area contributed by atoms with Crippen LogP contribution in [0.5, 0.6) is 0 Å². The Morgan fingerprint density at radius 2 is 2.12 bits per heavy atom. The molecule has 3 heterocycles. The number of hydrogen-bond donors (Lipinski definition) is 3. The lowest BCUT2D eigenvalue weighted by atomic mass is 10.1. The van der Waals surface area contributed by atoms with Gasteiger partial charge in [-0.3, -0.25) is 9.88 Å². The lowest BCUT2D eigenvalue weighted by Crippen LogP contribution is -2.30. The number of aromatic nitrogens is 4. The highest BCUT2D eigenvalue weighted by Gasteiger charge is 2.63. The molecule has 2 fully saturated rings. The first-order valence-electron chi connectivity index (χ1n) is 10.6. The molecule has 1 spiro atoms. The van der Waals surface area contributed by atoms with Crippen molar-refractivity contribution in [1.29, 1.82) is 0 Å². The predicted octanol–water partition coefficient (Wildman–Crippen LogP) is 2.37. The molecule has 9 nitrogen and oxygen atoms in total. The molecule has 10 heteroatoms. The number of rotatable bonds is 8. The van der Waals surface area contributed by atoms with Gasteiger partial charge in [-0.15, -0.1) is 0 Å². The molecule has 166 valence electrons. The van der Waals surface area contributed by atoms with Crippen molar-refractivity contribution in [1.82, 2.24) is 31.0 Å². The maximum absolute atomic E-state index is 14.9. The number of halogens is 1. The third-order valence-electron chi connectivity index (χ3n) is 5.89. The minimum atomic E-state index is -0.482. The summed E-state index contributed by atoms with van der Waals surface area (Å²) in [4.78, 5) is 18.3. The average Bonchev–Trinajstić information content (AvgIpc) is 3.11. The number of nitrogens with zero attached hydrogens (tertiary/aromatic N) is 4. The van der Waals surface area contributed by atoms with Crippen LogP contribution in [-0.2, 0) is 17.8 Å². The van der Waals surface area contributed by atoms with Gasteiger partial charge < -0.3 is 15.4 Å². The molecule has 3 aromatic rings. The summed E-state index contributed by atoms with van der Waals surface area (Å²) >= 11 is 0. The van der Waals surface area contributed by atoms with E-state index < -0.39 is 17.5 Å². The molecular weight excluding hydrogens is 413 g/mol. The van der Waals surface area contributed by atoms with Gasteiger partial charge in [0.1, 0.15) is 11.4 Å². The van der Waals surface area contributed by atoms with Gasteiger partial charge in [-0.05, 0) is 30.8 Å². The first-order chi connectivity index (χ1) is 15.6. The summed E-state index contributed by atoms with van der Waals surface area (Å²) in [6, 6.07) is 8.67. The van der Waals surface area contributed by atoms with Gasteiger partial charge in [0.05, 0.1) is 35.9 Å². The molecule has 0 radical (unpaired) electrons. The second-order valence-corrected chi connectivity index (χ2v) is 8.10. The standard InChI is InChI=1S/C22H24FN7O2/c1-2-25-20-8-22(20)13-30(21(31)32-22)17-5-6-18(19(23)7-17)14-3-4-15(26-9-14)10-24-11-16-12-27-29-28-16/h3-7,9,12,20,24-25H,2,8,10-11,13H2,1H3,(H,27,28,29)/t20-,22?/m1/s1. The van der Waals surface area contributed by atoms with Crippen molar-refractivity contribution in [2.45, 2.75) is 38.1 Å². The van der Waals surface area contributed by atoms with E-state index in [-0.39, 0.29) is 6.04 Å². The van der Waals surface area contributed by atoms with Crippen LogP contribution < -0.4 is 15.5 Å². The molecule has 2 aromatic heterocycles. The van der Waals surface area contributed by atoms with Gasteiger partial charge in [-0.2, -0.15) is 15.4 Å². The Hall–Kier alpha value is -3.37. The molecule has 2 aliphatic rings. The topological polar surface area (TPSA) is 108 Å². The van der Waals surface area contributed by atoms with Gasteiger partial charge in [-0.25, -0.2) is 9.18 Å². The van der Waals surface area contributed by atoms with E-state index >= 15 is 0 Å². The first-order valence-corrected chi connectivity index (χ1v) is 10.6. The van der Waals surface area contributed by atoms with E-state index in [0.29, 0.717) is 36.4 Å². The number of aromatic amines is 1. The van der Waals surface area contributed by atoms with Crippen molar-refractivity contribution >= 4 is 11.8 Å². The summed E-state index contributed by atoms with van der Waals surface area (Å²) < 4.78 is 20.5. The Balaban J connectivity index is 1.24. The van der Waals surface area contributed by atoms with Crippen LogP contribution in [0.15, 0.2) is 42.7 Å². The average molecular weight is 437 g/mol. The van der Waals surface area contributed by atoms with Crippen molar-refractivity contribution in [2.75, 3.05) is 18.0 Å². The number of nitrogens with one attached hydrogen (secondary N) is 3. The van der Waals surface area contributed by atoms with E-state index in [9.17, 15) is 9.18 Å². The fraction of sp³-hybridized carbons (Fsp3) is 0.364. The van der Waals surface area contributed by atoms with Gasteiger partial charge in [-0.1, -0.05) is 13.0 Å². The third kappa shape index (κ3) is 3.94. The van der Waals surface area contributed by atoms with Gasteiger partial charge in [0.2, 0.25) is 0 Å². The van der Waals surface area contributed by atoms with Gasteiger partial charge in [0, 0.05) is 36.8 Å². The lowest BCUT2D eigenvalue weighted by molar-refractivity contribution is 0.122. The van der Waals surface area contributed by atoms with E-state index in [1.165, 1.54) is 11.0 Å². The third-order valence-corrected chi connectivity index (χ3v) is 5.89. The number of H-pyrrole nitrogens is 1. The number of likely N-dealkylation sites (N-methyl/N-ethyl adjacent to an activating group) is 1. The SMILES string of the molecule is CCN[C@@H]1CC12CN(c1ccc(-c3ccc(CNCc4cn[nH]n4)nc3)c(F)c1)C(=O)O2. The Labute approximate surface area is 184 Å². The van der Waals surface area contributed by atoms with Crippen LogP contribution in [0.1, 0.15) is 24.7 Å². The highest BCUT2D eigenvalue weighted by molar-refractivity contribution is 5.91. The zero-order valence-corrected chi connectivity index (χ0v) is 17.6. The summed E-state index contributed by atoms with van der Waals surface area (Å²) in [6.45, 7) is 4.40.